The summed E-state index contributed by atoms with van der Waals surface area (Å²) >= 11 is 0. The number of nitrogens with zero attached hydrogens (tertiary/aromatic N) is 2. The molecule has 2 aromatic carbocycles. The first-order valence-corrected chi connectivity index (χ1v) is 7.36. The maximum atomic E-state index is 12.8. The molecule has 1 amide bonds. The van der Waals surface area contributed by atoms with E-state index in [1.54, 1.807) is 7.11 Å². The molecule has 0 saturated carbocycles. The summed E-state index contributed by atoms with van der Waals surface area (Å²) in [5.41, 5.74) is 3.86. The van der Waals surface area contributed by atoms with Crippen LogP contribution in [0.2, 0.25) is 0 Å². The zero-order valence-electron chi connectivity index (χ0n) is 13.2. The fraction of sp³-hybridized carbons (Fsp3) is 0.278. The molecule has 4 heteroatoms. The number of hydrogen-bond acceptors (Lipinski definition) is 3. The first-order chi connectivity index (χ1) is 10.6. The number of ether oxygens (including phenoxy) is 1. The number of amides is 1. The average molecular weight is 296 g/mol. The van der Waals surface area contributed by atoms with Gasteiger partial charge in [-0.1, -0.05) is 6.07 Å². The van der Waals surface area contributed by atoms with Crippen molar-refractivity contribution < 1.29 is 9.53 Å². The molecule has 0 atom stereocenters. The van der Waals surface area contributed by atoms with Crippen molar-refractivity contribution in [2.24, 2.45) is 0 Å². The van der Waals surface area contributed by atoms with Gasteiger partial charge in [0, 0.05) is 37.6 Å². The lowest BCUT2D eigenvalue weighted by atomic mass is 9.98. The van der Waals surface area contributed by atoms with Crippen LogP contribution < -0.4 is 14.5 Å². The molecule has 22 heavy (non-hydrogen) atoms. The zero-order chi connectivity index (χ0) is 15.7. The summed E-state index contributed by atoms with van der Waals surface area (Å²) in [6, 6.07) is 13.7. The van der Waals surface area contributed by atoms with Crippen LogP contribution >= 0.6 is 0 Å². The van der Waals surface area contributed by atoms with Crippen LogP contribution in [0, 0.1) is 0 Å². The van der Waals surface area contributed by atoms with Gasteiger partial charge in [-0.3, -0.25) is 4.79 Å². The van der Waals surface area contributed by atoms with E-state index in [-0.39, 0.29) is 5.91 Å². The number of carbonyl (C=O) groups is 1. The predicted molar refractivity (Wildman–Crippen MR) is 89.1 cm³/mol. The van der Waals surface area contributed by atoms with Gasteiger partial charge in [0.1, 0.15) is 5.75 Å². The summed E-state index contributed by atoms with van der Waals surface area (Å²) in [6.45, 7) is 0.690. The molecule has 114 valence electrons. The normalized spacial score (nSPS) is 13.8. The summed E-state index contributed by atoms with van der Waals surface area (Å²) in [7, 11) is 5.64. The quantitative estimate of drug-likeness (QED) is 0.873. The number of anilines is 2. The Morgan fingerprint density at radius 1 is 1.14 bits per heavy atom. The molecule has 0 N–H and O–H groups in total. The second kappa shape index (κ2) is 5.72. The minimum atomic E-state index is 0.0554. The van der Waals surface area contributed by atoms with E-state index in [1.165, 1.54) is 0 Å². The van der Waals surface area contributed by atoms with Crippen LogP contribution in [0.4, 0.5) is 11.4 Å². The van der Waals surface area contributed by atoms with E-state index >= 15 is 0 Å². The van der Waals surface area contributed by atoms with Gasteiger partial charge in [-0.2, -0.15) is 0 Å². The average Bonchev–Trinajstić information content (AvgIpc) is 2.55. The molecule has 0 aromatic heterocycles. The lowest BCUT2D eigenvalue weighted by molar-refractivity contribution is 0.0980. The Balaban J connectivity index is 1.94. The Bertz CT molecular complexity index is 710. The van der Waals surface area contributed by atoms with E-state index < -0.39 is 0 Å². The largest absolute Gasteiger partial charge is 0.497 e. The monoisotopic (exact) mass is 296 g/mol. The highest BCUT2D eigenvalue weighted by Crippen LogP contribution is 2.29. The molecule has 2 aromatic rings. The molecule has 1 aliphatic heterocycles. The molecule has 4 nitrogen and oxygen atoms in total. The Morgan fingerprint density at radius 3 is 2.68 bits per heavy atom. The van der Waals surface area contributed by atoms with Gasteiger partial charge in [-0.25, -0.2) is 0 Å². The van der Waals surface area contributed by atoms with E-state index in [0.717, 1.165) is 34.7 Å². The van der Waals surface area contributed by atoms with E-state index in [9.17, 15) is 4.79 Å². The molecule has 0 saturated heterocycles. The topological polar surface area (TPSA) is 32.8 Å². The van der Waals surface area contributed by atoms with Gasteiger partial charge in [0.2, 0.25) is 0 Å². The van der Waals surface area contributed by atoms with Gasteiger partial charge in [-0.05, 0) is 48.4 Å². The minimum Gasteiger partial charge on any atom is -0.497 e. The number of carbonyl (C=O) groups excluding carboxylic acids is 1. The predicted octanol–water partition coefficient (Wildman–Crippen LogP) is 2.96. The zero-order valence-corrected chi connectivity index (χ0v) is 13.2. The van der Waals surface area contributed by atoms with Crippen molar-refractivity contribution in [3.63, 3.8) is 0 Å². The summed E-state index contributed by atoms with van der Waals surface area (Å²) < 4.78 is 5.24. The van der Waals surface area contributed by atoms with E-state index in [4.69, 9.17) is 4.74 Å². The number of fused-ring (bicyclic) bond motifs is 1. The van der Waals surface area contributed by atoms with Crippen LogP contribution in [0.5, 0.6) is 5.75 Å². The van der Waals surface area contributed by atoms with Crippen LogP contribution in [0.25, 0.3) is 0 Å². The van der Waals surface area contributed by atoms with Crippen LogP contribution in [0.1, 0.15) is 15.9 Å². The van der Waals surface area contributed by atoms with Gasteiger partial charge in [0.25, 0.3) is 5.91 Å². The first-order valence-electron chi connectivity index (χ1n) is 7.36. The molecule has 3 rings (SSSR count). The van der Waals surface area contributed by atoms with Crippen LogP contribution in [0.3, 0.4) is 0 Å². The second-order valence-electron chi connectivity index (χ2n) is 5.64. The maximum absolute atomic E-state index is 12.8. The third-order valence-corrected chi connectivity index (χ3v) is 4.05. The molecule has 0 radical (unpaired) electrons. The van der Waals surface area contributed by atoms with Crippen LogP contribution in [-0.4, -0.2) is 33.7 Å². The highest BCUT2D eigenvalue weighted by molar-refractivity contribution is 6.08. The molecular formula is C18H20N2O2. The maximum Gasteiger partial charge on any atom is 0.258 e. The van der Waals surface area contributed by atoms with Crippen molar-refractivity contribution in [2.45, 2.75) is 6.42 Å². The standard InChI is InChI=1S/C18H20N2O2/c1-19(2)14-5-4-6-15(12-14)20-10-9-13-11-16(22-3)7-8-17(13)18(20)21/h4-8,11-12H,9-10H2,1-3H3. The van der Waals surface area contributed by atoms with Crippen molar-refractivity contribution in [3.05, 3.63) is 53.6 Å². The summed E-state index contributed by atoms with van der Waals surface area (Å²) in [5.74, 6) is 0.856. The summed E-state index contributed by atoms with van der Waals surface area (Å²) in [5, 5.41) is 0. The fourth-order valence-electron chi connectivity index (χ4n) is 2.78. The number of hydrogen-bond donors (Lipinski definition) is 0. The smallest absolute Gasteiger partial charge is 0.258 e. The SMILES string of the molecule is COc1ccc2c(c1)CCN(c1cccc(N(C)C)c1)C2=O. The Labute approximate surface area is 130 Å². The van der Waals surface area contributed by atoms with E-state index in [1.807, 2.05) is 66.4 Å². The second-order valence-corrected chi connectivity index (χ2v) is 5.64. The highest BCUT2D eigenvalue weighted by Gasteiger charge is 2.25. The summed E-state index contributed by atoms with van der Waals surface area (Å²) in [6.07, 6.45) is 0.838. The number of methoxy groups -OCH3 is 1. The third kappa shape index (κ3) is 2.52. The highest BCUT2D eigenvalue weighted by atomic mass is 16.5. The van der Waals surface area contributed by atoms with Gasteiger partial charge in [-0.15, -0.1) is 0 Å². The number of rotatable bonds is 3. The fourth-order valence-corrected chi connectivity index (χ4v) is 2.78. The van der Waals surface area contributed by atoms with Crippen molar-refractivity contribution in [2.75, 3.05) is 37.5 Å². The Kier molecular flexibility index (Phi) is 3.75. The van der Waals surface area contributed by atoms with E-state index in [2.05, 4.69) is 0 Å². The molecular weight excluding hydrogens is 276 g/mol. The van der Waals surface area contributed by atoms with E-state index in [0.29, 0.717) is 6.54 Å². The lowest BCUT2D eigenvalue weighted by Crippen LogP contribution is -2.37. The molecule has 1 aliphatic rings. The molecule has 0 aliphatic carbocycles. The van der Waals surface area contributed by atoms with Crippen molar-refractivity contribution in [3.8, 4) is 5.75 Å². The lowest BCUT2D eigenvalue weighted by Gasteiger charge is -2.29. The van der Waals surface area contributed by atoms with Crippen LogP contribution in [0.15, 0.2) is 42.5 Å². The van der Waals surface area contributed by atoms with Gasteiger partial charge < -0.3 is 14.5 Å². The third-order valence-electron chi connectivity index (χ3n) is 4.05. The molecule has 0 bridgehead atoms. The van der Waals surface area contributed by atoms with Crippen molar-refractivity contribution >= 4 is 17.3 Å². The van der Waals surface area contributed by atoms with Gasteiger partial charge in [0.05, 0.1) is 7.11 Å². The molecule has 0 spiro atoms. The number of benzene rings is 2. The Morgan fingerprint density at radius 2 is 1.95 bits per heavy atom. The molecule has 0 unspecified atom stereocenters. The molecule has 0 fully saturated rings. The minimum absolute atomic E-state index is 0.0554. The van der Waals surface area contributed by atoms with Crippen molar-refractivity contribution in [1.82, 2.24) is 0 Å². The Hall–Kier alpha value is -2.49. The van der Waals surface area contributed by atoms with Crippen LogP contribution in [-0.2, 0) is 6.42 Å². The molecule has 1 heterocycles. The van der Waals surface area contributed by atoms with Gasteiger partial charge in [0.15, 0.2) is 0 Å². The van der Waals surface area contributed by atoms with Gasteiger partial charge >= 0.3 is 0 Å². The summed E-state index contributed by atoms with van der Waals surface area (Å²) in [4.78, 5) is 16.7. The first kappa shape index (κ1) is 14.4. The van der Waals surface area contributed by atoms with Crippen molar-refractivity contribution in [1.29, 1.82) is 0 Å².